The summed E-state index contributed by atoms with van der Waals surface area (Å²) in [6.07, 6.45) is 2.55. The van der Waals surface area contributed by atoms with Gasteiger partial charge in [-0.25, -0.2) is 4.99 Å². The number of hydrogen-bond donors (Lipinski definition) is 1. The number of carbonyl (C=O) groups is 1. The van der Waals surface area contributed by atoms with Crippen LogP contribution in [0.1, 0.15) is 29.4 Å². The molecule has 2 heterocycles. The van der Waals surface area contributed by atoms with Gasteiger partial charge in [0.25, 0.3) is 11.9 Å². The standard InChI is InChI=1S/C14H21N3O2S/c1-2-19-14(15-7-10-17-8-3-4-9-17)16-13(18)12-6-5-11-20-12/h5-6,11H,2-4,7-10H2,1H3,(H,15,16,18). The van der Waals surface area contributed by atoms with Crippen molar-refractivity contribution < 1.29 is 9.53 Å². The lowest BCUT2D eigenvalue weighted by Crippen LogP contribution is -2.33. The number of thiophene rings is 1. The molecule has 1 aromatic heterocycles. The van der Waals surface area contributed by atoms with Crippen molar-refractivity contribution in [3.05, 3.63) is 22.4 Å². The fraction of sp³-hybridized carbons (Fsp3) is 0.571. The first kappa shape index (κ1) is 15.0. The van der Waals surface area contributed by atoms with Gasteiger partial charge in [0.2, 0.25) is 0 Å². The molecule has 0 unspecified atom stereocenters. The van der Waals surface area contributed by atoms with Gasteiger partial charge in [-0.1, -0.05) is 6.07 Å². The van der Waals surface area contributed by atoms with E-state index in [2.05, 4.69) is 15.2 Å². The van der Waals surface area contributed by atoms with Gasteiger partial charge in [-0.3, -0.25) is 10.1 Å². The average molecular weight is 295 g/mol. The molecule has 1 amide bonds. The molecule has 1 saturated heterocycles. The van der Waals surface area contributed by atoms with Crippen LogP contribution in [0.3, 0.4) is 0 Å². The lowest BCUT2D eigenvalue weighted by atomic mass is 10.4. The van der Waals surface area contributed by atoms with E-state index in [0.717, 1.165) is 19.6 Å². The zero-order chi connectivity index (χ0) is 14.2. The summed E-state index contributed by atoms with van der Waals surface area (Å²) in [5, 5.41) is 4.60. The predicted octanol–water partition coefficient (Wildman–Crippen LogP) is 1.97. The Morgan fingerprint density at radius 3 is 2.95 bits per heavy atom. The molecule has 1 aromatic rings. The fourth-order valence-corrected chi connectivity index (χ4v) is 2.74. The maximum absolute atomic E-state index is 11.9. The van der Waals surface area contributed by atoms with Crippen molar-refractivity contribution in [1.82, 2.24) is 10.2 Å². The number of hydrogen-bond acceptors (Lipinski definition) is 5. The number of amides is 1. The van der Waals surface area contributed by atoms with E-state index >= 15 is 0 Å². The van der Waals surface area contributed by atoms with Crippen LogP contribution in [0.15, 0.2) is 22.5 Å². The lowest BCUT2D eigenvalue weighted by molar-refractivity contribution is 0.0970. The van der Waals surface area contributed by atoms with Gasteiger partial charge in [0.05, 0.1) is 18.0 Å². The second-order valence-corrected chi connectivity index (χ2v) is 5.55. The molecule has 1 fully saturated rings. The first-order chi connectivity index (χ1) is 9.79. The summed E-state index contributed by atoms with van der Waals surface area (Å²) in [4.78, 5) is 19.3. The van der Waals surface area contributed by atoms with Crippen molar-refractivity contribution in [2.75, 3.05) is 32.8 Å². The number of amidine groups is 1. The molecule has 2 rings (SSSR count). The summed E-state index contributed by atoms with van der Waals surface area (Å²) in [6.45, 7) is 6.26. The molecule has 0 aliphatic carbocycles. The van der Waals surface area contributed by atoms with Crippen LogP contribution in [0, 0.1) is 0 Å². The number of aliphatic imine (C=N–C) groups is 1. The Morgan fingerprint density at radius 2 is 2.30 bits per heavy atom. The van der Waals surface area contributed by atoms with E-state index in [0.29, 0.717) is 24.1 Å². The van der Waals surface area contributed by atoms with E-state index < -0.39 is 0 Å². The van der Waals surface area contributed by atoms with Crippen molar-refractivity contribution in [3.8, 4) is 0 Å². The minimum Gasteiger partial charge on any atom is -0.465 e. The molecule has 110 valence electrons. The molecule has 0 spiro atoms. The Labute approximate surface area is 123 Å². The van der Waals surface area contributed by atoms with E-state index in [9.17, 15) is 4.79 Å². The molecule has 5 nitrogen and oxygen atoms in total. The Balaban J connectivity index is 1.83. The molecule has 0 saturated carbocycles. The fourth-order valence-electron chi connectivity index (χ4n) is 2.12. The highest BCUT2D eigenvalue weighted by Crippen LogP contribution is 2.08. The molecule has 0 bridgehead atoms. The molecule has 0 atom stereocenters. The van der Waals surface area contributed by atoms with Crippen LogP contribution >= 0.6 is 11.3 Å². The van der Waals surface area contributed by atoms with Crippen molar-refractivity contribution in [3.63, 3.8) is 0 Å². The third kappa shape index (κ3) is 4.61. The van der Waals surface area contributed by atoms with Gasteiger partial charge >= 0.3 is 0 Å². The van der Waals surface area contributed by atoms with Gasteiger partial charge in [-0.15, -0.1) is 11.3 Å². The second-order valence-electron chi connectivity index (χ2n) is 4.60. The van der Waals surface area contributed by atoms with Gasteiger partial charge in [-0.05, 0) is 44.3 Å². The third-order valence-corrected chi connectivity index (χ3v) is 3.99. The maximum Gasteiger partial charge on any atom is 0.291 e. The first-order valence-corrected chi connectivity index (χ1v) is 7.92. The third-order valence-electron chi connectivity index (χ3n) is 3.12. The first-order valence-electron chi connectivity index (χ1n) is 7.04. The lowest BCUT2D eigenvalue weighted by Gasteiger charge is -2.13. The minimum atomic E-state index is -0.159. The smallest absolute Gasteiger partial charge is 0.291 e. The number of nitrogens with zero attached hydrogens (tertiary/aromatic N) is 2. The van der Waals surface area contributed by atoms with Crippen LogP contribution in [0.5, 0.6) is 0 Å². The molecular weight excluding hydrogens is 274 g/mol. The molecule has 0 radical (unpaired) electrons. The Bertz CT molecular complexity index is 439. The zero-order valence-electron chi connectivity index (χ0n) is 11.8. The summed E-state index contributed by atoms with van der Waals surface area (Å²) in [5.74, 6) is -0.159. The monoisotopic (exact) mass is 295 g/mol. The molecule has 0 aromatic carbocycles. The summed E-state index contributed by atoms with van der Waals surface area (Å²) in [7, 11) is 0. The van der Waals surface area contributed by atoms with Gasteiger partial charge in [0.15, 0.2) is 0 Å². The maximum atomic E-state index is 11.9. The van der Waals surface area contributed by atoms with E-state index in [1.807, 2.05) is 18.4 Å². The average Bonchev–Trinajstić information content (AvgIpc) is 3.12. The molecule has 6 heteroatoms. The predicted molar refractivity (Wildman–Crippen MR) is 81.4 cm³/mol. The van der Waals surface area contributed by atoms with Crippen LogP contribution < -0.4 is 5.32 Å². The molecule has 1 N–H and O–H groups in total. The van der Waals surface area contributed by atoms with E-state index in [1.54, 1.807) is 6.07 Å². The van der Waals surface area contributed by atoms with Gasteiger partial charge in [-0.2, -0.15) is 0 Å². The van der Waals surface area contributed by atoms with Crippen LogP contribution in [-0.4, -0.2) is 49.6 Å². The van der Waals surface area contributed by atoms with Crippen molar-refractivity contribution in [2.45, 2.75) is 19.8 Å². The normalized spacial score (nSPS) is 16.4. The number of carbonyl (C=O) groups excluding carboxylic acids is 1. The Morgan fingerprint density at radius 1 is 1.50 bits per heavy atom. The summed E-state index contributed by atoms with van der Waals surface area (Å²) in [5.41, 5.74) is 0. The SMILES string of the molecule is CCOC(=NCCN1CCCC1)NC(=O)c1cccs1. The van der Waals surface area contributed by atoms with Crippen LogP contribution in [0.25, 0.3) is 0 Å². The molecule has 20 heavy (non-hydrogen) atoms. The van der Waals surface area contributed by atoms with Crippen molar-refractivity contribution >= 4 is 23.3 Å². The van der Waals surface area contributed by atoms with Crippen LogP contribution in [0.4, 0.5) is 0 Å². The van der Waals surface area contributed by atoms with Crippen molar-refractivity contribution in [1.29, 1.82) is 0 Å². The number of likely N-dealkylation sites (tertiary alicyclic amines) is 1. The summed E-state index contributed by atoms with van der Waals surface area (Å²) in [6, 6.07) is 3.96. The molecule has 1 aliphatic heterocycles. The molecule has 1 aliphatic rings. The highest BCUT2D eigenvalue weighted by Gasteiger charge is 2.12. The minimum absolute atomic E-state index is 0.159. The van der Waals surface area contributed by atoms with Gasteiger partial charge in [0.1, 0.15) is 0 Å². The highest BCUT2D eigenvalue weighted by molar-refractivity contribution is 7.12. The summed E-state index contributed by atoms with van der Waals surface area (Å²) < 4.78 is 5.38. The topological polar surface area (TPSA) is 53.9 Å². The highest BCUT2D eigenvalue weighted by atomic mass is 32.1. The Hall–Kier alpha value is -1.40. The van der Waals surface area contributed by atoms with Gasteiger partial charge in [0, 0.05) is 6.54 Å². The molecular formula is C14H21N3O2S. The van der Waals surface area contributed by atoms with Crippen LogP contribution in [0.2, 0.25) is 0 Å². The van der Waals surface area contributed by atoms with E-state index in [-0.39, 0.29) is 5.91 Å². The quantitative estimate of drug-likeness (QED) is 0.667. The number of rotatable bonds is 5. The van der Waals surface area contributed by atoms with E-state index in [1.165, 1.54) is 24.2 Å². The van der Waals surface area contributed by atoms with E-state index in [4.69, 9.17) is 4.74 Å². The zero-order valence-corrected chi connectivity index (χ0v) is 12.6. The second kappa shape index (κ2) is 8.01. The Kier molecular flexibility index (Phi) is 6.01. The summed E-state index contributed by atoms with van der Waals surface area (Å²) >= 11 is 1.40. The van der Waals surface area contributed by atoms with Gasteiger partial charge < -0.3 is 9.64 Å². The van der Waals surface area contributed by atoms with Crippen LogP contribution in [-0.2, 0) is 4.74 Å². The number of ether oxygens (including phenoxy) is 1. The number of nitrogens with one attached hydrogen (secondary N) is 1. The largest absolute Gasteiger partial charge is 0.465 e. The van der Waals surface area contributed by atoms with Crippen molar-refractivity contribution in [2.24, 2.45) is 4.99 Å².